The van der Waals surface area contributed by atoms with Crippen LogP contribution in [-0.4, -0.2) is 32.6 Å². The SMILES string of the molecule is CC[C@@H](C)NC(=O)CSc1nnc(COc2ccc(C(C)(C)C)cc2)n1N. The predicted molar refractivity (Wildman–Crippen MR) is 108 cm³/mol. The van der Waals surface area contributed by atoms with Gasteiger partial charge in [-0.25, -0.2) is 4.68 Å². The fourth-order valence-electron chi connectivity index (χ4n) is 2.25. The van der Waals surface area contributed by atoms with Gasteiger partial charge in [0, 0.05) is 6.04 Å². The molecule has 1 aromatic carbocycles. The molecule has 2 aromatic rings. The summed E-state index contributed by atoms with van der Waals surface area (Å²) in [5.41, 5.74) is 1.34. The number of benzene rings is 1. The van der Waals surface area contributed by atoms with Crippen LogP contribution in [0, 0.1) is 0 Å². The van der Waals surface area contributed by atoms with Crippen molar-refractivity contribution in [2.75, 3.05) is 11.6 Å². The Balaban J connectivity index is 1.89. The average molecular weight is 392 g/mol. The average Bonchev–Trinajstić information content (AvgIpc) is 2.97. The van der Waals surface area contributed by atoms with E-state index in [1.165, 1.54) is 22.0 Å². The minimum Gasteiger partial charge on any atom is -0.486 e. The van der Waals surface area contributed by atoms with Gasteiger partial charge >= 0.3 is 0 Å². The molecule has 0 aliphatic rings. The molecular formula is C19H29N5O2S. The van der Waals surface area contributed by atoms with Crippen molar-refractivity contribution in [3.8, 4) is 5.75 Å². The fourth-order valence-corrected chi connectivity index (χ4v) is 2.94. The summed E-state index contributed by atoms with van der Waals surface area (Å²) in [4.78, 5) is 11.9. The van der Waals surface area contributed by atoms with Gasteiger partial charge < -0.3 is 15.9 Å². The molecule has 0 radical (unpaired) electrons. The molecule has 3 N–H and O–H groups in total. The minimum absolute atomic E-state index is 0.0471. The number of thioether (sulfide) groups is 1. The lowest BCUT2D eigenvalue weighted by atomic mass is 9.87. The highest BCUT2D eigenvalue weighted by molar-refractivity contribution is 7.99. The number of carbonyl (C=O) groups excluding carboxylic acids is 1. The smallest absolute Gasteiger partial charge is 0.230 e. The monoisotopic (exact) mass is 391 g/mol. The first-order valence-electron chi connectivity index (χ1n) is 9.05. The molecule has 0 unspecified atom stereocenters. The van der Waals surface area contributed by atoms with E-state index in [1.54, 1.807) is 0 Å². The van der Waals surface area contributed by atoms with Crippen molar-refractivity contribution < 1.29 is 9.53 Å². The van der Waals surface area contributed by atoms with E-state index < -0.39 is 0 Å². The van der Waals surface area contributed by atoms with Crippen LogP contribution < -0.4 is 15.9 Å². The van der Waals surface area contributed by atoms with Crippen molar-refractivity contribution in [2.45, 2.75) is 64.3 Å². The second kappa shape index (κ2) is 9.12. The van der Waals surface area contributed by atoms with Gasteiger partial charge in [-0.1, -0.05) is 51.6 Å². The largest absolute Gasteiger partial charge is 0.486 e. The van der Waals surface area contributed by atoms with E-state index in [1.807, 2.05) is 26.0 Å². The van der Waals surface area contributed by atoms with Crippen molar-refractivity contribution in [3.63, 3.8) is 0 Å². The topological polar surface area (TPSA) is 95.1 Å². The number of amides is 1. The third-order valence-corrected chi connectivity index (χ3v) is 5.12. The Hall–Kier alpha value is -2.22. The first-order chi connectivity index (χ1) is 12.7. The standard InChI is InChI=1S/C19H29N5O2S/c1-6-13(2)21-17(25)12-27-18-23-22-16(24(18)20)11-26-15-9-7-14(8-10-15)19(3,4)5/h7-10,13H,6,11-12,20H2,1-5H3,(H,21,25)/t13-/m1/s1. The normalized spacial score (nSPS) is 12.6. The zero-order valence-corrected chi connectivity index (χ0v) is 17.5. The fraction of sp³-hybridized carbons (Fsp3) is 0.526. The summed E-state index contributed by atoms with van der Waals surface area (Å²) < 4.78 is 7.12. The number of aromatic nitrogens is 3. The molecule has 0 spiro atoms. The minimum atomic E-state index is -0.0471. The van der Waals surface area contributed by atoms with Crippen LogP contribution in [0.3, 0.4) is 0 Å². The van der Waals surface area contributed by atoms with Crippen molar-refractivity contribution in [1.82, 2.24) is 20.2 Å². The molecule has 0 aliphatic heterocycles. The van der Waals surface area contributed by atoms with Gasteiger partial charge in [0.2, 0.25) is 11.1 Å². The zero-order chi connectivity index (χ0) is 20.0. The molecular weight excluding hydrogens is 362 g/mol. The Morgan fingerprint density at radius 2 is 1.96 bits per heavy atom. The van der Waals surface area contributed by atoms with Crippen LogP contribution in [0.5, 0.6) is 5.75 Å². The van der Waals surface area contributed by atoms with E-state index in [2.05, 4.69) is 48.4 Å². The van der Waals surface area contributed by atoms with Crippen LogP contribution in [0.15, 0.2) is 29.4 Å². The number of rotatable bonds is 8. The molecule has 148 valence electrons. The van der Waals surface area contributed by atoms with Crippen LogP contribution in [0.1, 0.15) is 52.4 Å². The van der Waals surface area contributed by atoms with Crippen molar-refractivity contribution >= 4 is 17.7 Å². The van der Waals surface area contributed by atoms with Crippen molar-refractivity contribution in [1.29, 1.82) is 0 Å². The maximum atomic E-state index is 11.9. The Labute approximate surface area is 165 Å². The molecule has 1 amide bonds. The van der Waals surface area contributed by atoms with E-state index in [-0.39, 0.29) is 29.7 Å². The Kier molecular flexibility index (Phi) is 7.12. The molecule has 1 heterocycles. The van der Waals surface area contributed by atoms with E-state index in [4.69, 9.17) is 10.6 Å². The molecule has 2 rings (SSSR count). The zero-order valence-electron chi connectivity index (χ0n) is 16.7. The number of nitrogen functional groups attached to an aromatic ring is 1. The predicted octanol–water partition coefficient (Wildman–Crippen LogP) is 2.88. The van der Waals surface area contributed by atoms with Crippen LogP contribution in [-0.2, 0) is 16.8 Å². The number of nitrogens with two attached hydrogens (primary N) is 1. The van der Waals surface area contributed by atoms with Crippen LogP contribution in [0.25, 0.3) is 0 Å². The molecule has 0 aliphatic carbocycles. The van der Waals surface area contributed by atoms with E-state index in [9.17, 15) is 4.79 Å². The lowest BCUT2D eigenvalue weighted by Crippen LogP contribution is -2.33. The summed E-state index contributed by atoms with van der Waals surface area (Å²) in [7, 11) is 0. The molecule has 0 saturated carbocycles. The Bertz CT molecular complexity index is 752. The summed E-state index contributed by atoms with van der Waals surface area (Å²) in [6.45, 7) is 10.7. The molecule has 0 saturated heterocycles. The maximum Gasteiger partial charge on any atom is 0.230 e. The maximum absolute atomic E-state index is 11.9. The number of nitrogens with zero attached hydrogens (tertiary/aromatic N) is 3. The van der Waals surface area contributed by atoms with Gasteiger partial charge in [-0.15, -0.1) is 10.2 Å². The van der Waals surface area contributed by atoms with Gasteiger partial charge in [-0.05, 0) is 36.5 Å². The van der Waals surface area contributed by atoms with Gasteiger partial charge in [0.1, 0.15) is 12.4 Å². The molecule has 7 nitrogen and oxygen atoms in total. The lowest BCUT2D eigenvalue weighted by Gasteiger charge is -2.19. The summed E-state index contributed by atoms with van der Waals surface area (Å²) in [5.74, 6) is 7.46. The quantitative estimate of drug-likeness (QED) is 0.531. The highest BCUT2D eigenvalue weighted by Crippen LogP contribution is 2.24. The Morgan fingerprint density at radius 3 is 2.56 bits per heavy atom. The van der Waals surface area contributed by atoms with Crippen LogP contribution >= 0.6 is 11.8 Å². The van der Waals surface area contributed by atoms with Gasteiger partial charge in [-0.3, -0.25) is 4.79 Å². The lowest BCUT2D eigenvalue weighted by molar-refractivity contribution is -0.119. The van der Waals surface area contributed by atoms with E-state index in [0.717, 1.165) is 12.2 Å². The van der Waals surface area contributed by atoms with Gasteiger partial charge in [-0.2, -0.15) is 0 Å². The highest BCUT2D eigenvalue weighted by Gasteiger charge is 2.15. The second-order valence-electron chi connectivity index (χ2n) is 7.50. The summed E-state index contributed by atoms with van der Waals surface area (Å²) in [5, 5.41) is 11.5. The summed E-state index contributed by atoms with van der Waals surface area (Å²) in [6.07, 6.45) is 0.891. The number of nitrogens with one attached hydrogen (secondary N) is 1. The van der Waals surface area contributed by atoms with Crippen LogP contribution in [0.4, 0.5) is 0 Å². The molecule has 27 heavy (non-hydrogen) atoms. The first kappa shape index (κ1) is 21.1. The van der Waals surface area contributed by atoms with E-state index in [0.29, 0.717) is 11.0 Å². The summed E-state index contributed by atoms with van der Waals surface area (Å²) >= 11 is 1.25. The molecule has 1 aromatic heterocycles. The van der Waals surface area contributed by atoms with Gasteiger partial charge in [0.05, 0.1) is 5.75 Å². The Morgan fingerprint density at radius 1 is 1.30 bits per heavy atom. The second-order valence-corrected chi connectivity index (χ2v) is 8.44. The van der Waals surface area contributed by atoms with E-state index >= 15 is 0 Å². The molecule has 8 heteroatoms. The number of carbonyl (C=O) groups is 1. The van der Waals surface area contributed by atoms with Crippen molar-refractivity contribution in [3.05, 3.63) is 35.7 Å². The third-order valence-electron chi connectivity index (χ3n) is 4.18. The third kappa shape index (κ3) is 6.16. The number of hydrogen-bond donors (Lipinski definition) is 2. The molecule has 0 fully saturated rings. The number of ether oxygens (including phenoxy) is 1. The molecule has 1 atom stereocenters. The first-order valence-corrected chi connectivity index (χ1v) is 10.0. The summed E-state index contributed by atoms with van der Waals surface area (Å²) in [6, 6.07) is 8.14. The number of hydrogen-bond acceptors (Lipinski definition) is 6. The highest BCUT2D eigenvalue weighted by atomic mass is 32.2. The van der Waals surface area contributed by atoms with Gasteiger partial charge in [0.15, 0.2) is 5.82 Å². The van der Waals surface area contributed by atoms with Gasteiger partial charge in [0.25, 0.3) is 0 Å². The van der Waals surface area contributed by atoms with Crippen LogP contribution in [0.2, 0.25) is 0 Å². The van der Waals surface area contributed by atoms with Crippen molar-refractivity contribution in [2.24, 2.45) is 0 Å². The molecule has 0 bridgehead atoms.